The minimum absolute atomic E-state index is 0.00314. The van der Waals surface area contributed by atoms with Crippen LogP contribution in [-0.4, -0.2) is 30.3 Å². The highest BCUT2D eigenvalue weighted by Crippen LogP contribution is 2.49. The van der Waals surface area contributed by atoms with Crippen LogP contribution in [0.1, 0.15) is 38.2 Å². The summed E-state index contributed by atoms with van der Waals surface area (Å²) in [5.74, 6) is -1.13. The van der Waals surface area contributed by atoms with Gasteiger partial charge in [-0.25, -0.2) is 13.6 Å². The average Bonchev–Trinajstić information content (AvgIpc) is 3.25. The van der Waals surface area contributed by atoms with E-state index in [2.05, 4.69) is 10.6 Å². The van der Waals surface area contributed by atoms with Gasteiger partial charge in [0.25, 0.3) is 0 Å². The van der Waals surface area contributed by atoms with E-state index in [1.165, 1.54) is 18.2 Å². The molecule has 0 heterocycles. The number of urea groups is 1. The maximum atomic E-state index is 13.9. The molecule has 6 heteroatoms. The van der Waals surface area contributed by atoms with Crippen molar-refractivity contribution in [3.63, 3.8) is 0 Å². The summed E-state index contributed by atoms with van der Waals surface area (Å²) in [6, 6.07) is 3.35. The van der Waals surface area contributed by atoms with Crippen molar-refractivity contribution in [1.82, 2.24) is 10.6 Å². The van der Waals surface area contributed by atoms with Gasteiger partial charge in [0.15, 0.2) is 0 Å². The van der Waals surface area contributed by atoms with Gasteiger partial charge in [-0.05, 0) is 37.8 Å². The van der Waals surface area contributed by atoms with Gasteiger partial charge in [-0.1, -0.05) is 13.0 Å². The molecule has 0 aliphatic heterocycles. The lowest BCUT2D eigenvalue weighted by atomic mass is 9.94. The smallest absolute Gasteiger partial charge is 0.315 e. The van der Waals surface area contributed by atoms with E-state index in [-0.39, 0.29) is 30.8 Å². The Balaban J connectivity index is 1.95. The SMILES string of the molecule is CCC(CCO)NC(=O)NCC1(c2c(F)cccc2F)CC1. The van der Waals surface area contributed by atoms with Crippen molar-refractivity contribution >= 4 is 6.03 Å². The van der Waals surface area contributed by atoms with Crippen molar-refractivity contribution in [3.05, 3.63) is 35.4 Å². The van der Waals surface area contributed by atoms with E-state index in [4.69, 9.17) is 5.11 Å². The van der Waals surface area contributed by atoms with Crippen molar-refractivity contribution in [1.29, 1.82) is 0 Å². The molecular formula is C16H22F2N2O2. The first-order valence-corrected chi connectivity index (χ1v) is 7.62. The molecule has 1 aliphatic carbocycles. The summed E-state index contributed by atoms with van der Waals surface area (Å²) in [7, 11) is 0. The Morgan fingerprint density at radius 1 is 1.36 bits per heavy atom. The Morgan fingerprint density at radius 3 is 2.50 bits per heavy atom. The highest BCUT2D eigenvalue weighted by Gasteiger charge is 2.48. The van der Waals surface area contributed by atoms with Crippen LogP contribution in [0.4, 0.5) is 13.6 Å². The number of rotatable bonds is 7. The Morgan fingerprint density at radius 2 is 2.00 bits per heavy atom. The van der Waals surface area contributed by atoms with E-state index in [0.29, 0.717) is 25.7 Å². The first kappa shape index (κ1) is 16.7. The number of hydrogen-bond acceptors (Lipinski definition) is 2. The molecule has 2 rings (SSSR count). The predicted molar refractivity (Wildman–Crippen MR) is 79.6 cm³/mol. The quantitative estimate of drug-likeness (QED) is 0.724. The number of amides is 2. The summed E-state index contributed by atoms with van der Waals surface area (Å²) in [4.78, 5) is 11.9. The third kappa shape index (κ3) is 3.74. The highest BCUT2D eigenvalue weighted by atomic mass is 19.1. The van der Waals surface area contributed by atoms with Crippen LogP contribution in [0.25, 0.3) is 0 Å². The van der Waals surface area contributed by atoms with Crippen LogP contribution in [0.15, 0.2) is 18.2 Å². The molecule has 1 aromatic carbocycles. The number of halogens is 2. The average molecular weight is 312 g/mol. The second-order valence-corrected chi connectivity index (χ2v) is 5.82. The first-order chi connectivity index (χ1) is 10.5. The van der Waals surface area contributed by atoms with Crippen LogP contribution in [0.5, 0.6) is 0 Å². The van der Waals surface area contributed by atoms with Crippen molar-refractivity contribution < 1.29 is 18.7 Å². The number of carbonyl (C=O) groups is 1. The highest BCUT2D eigenvalue weighted by molar-refractivity contribution is 5.74. The van der Waals surface area contributed by atoms with Crippen LogP contribution in [0.3, 0.4) is 0 Å². The Labute approximate surface area is 128 Å². The molecule has 4 nitrogen and oxygen atoms in total. The topological polar surface area (TPSA) is 61.4 Å². The molecule has 0 spiro atoms. The Hall–Kier alpha value is -1.69. The number of aliphatic hydroxyl groups is 1. The zero-order valence-corrected chi connectivity index (χ0v) is 12.7. The third-order valence-corrected chi connectivity index (χ3v) is 4.24. The summed E-state index contributed by atoms with van der Waals surface area (Å²) in [5.41, 5.74) is -0.566. The van der Waals surface area contributed by atoms with Crippen LogP contribution in [-0.2, 0) is 5.41 Å². The standard InChI is InChI=1S/C16H22F2N2O2/c1-2-11(6-9-21)20-15(22)19-10-16(7-8-16)14-12(17)4-3-5-13(14)18/h3-5,11,21H,2,6-10H2,1H3,(H2,19,20,22). The van der Waals surface area contributed by atoms with E-state index < -0.39 is 17.0 Å². The van der Waals surface area contributed by atoms with Crippen LogP contribution in [0.2, 0.25) is 0 Å². The molecule has 1 aliphatic rings. The fourth-order valence-corrected chi connectivity index (χ4v) is 2.69. The second-order valence-electron chi connectivity index (χ2n) is 5.82. The molecule has 2 amide bonds. The van der Waals surface area contributed by atoms with Crippen LogP contribution < -0.4 is 10.6 Å². The molecule has 1 atom stereocenters. The maximum Gasteiger partial charge on any atom is 0.315 e. The molecule has 22 heavy (non-hydrogen) atoms. The van der Waals surface area contributed by atoms with Gasteiger partial charge >= 0.3 is 6.03 Å². The van der Waals surface area contributed by atoms with Crippen molar-refractivity contribution in [2.75, 3.05) is 13.2 Å². The first-order valence-electron chi connectivity index (χ1n) is 7.62. The van der Waals surface area contributed by atoms with Gasteiger partial charge in [0, 0.05) is 30.2 Å². The lowest BCUT2D eigenvalue weighted by molar-refractivity contribution is 0.227. The molecule has 1 unspecified atom stereocenters. The molecule has 1 saturated carbocycles. The lowest BCUT2D eigenvalue weighted by Crippen LogP contribution is -2.44. The minimum atomic E-state index is -0.633. The number of nitrogens with one attached hydrogen (secondary N) is 2. The molecule has 0 radical (unpaired) electrons. The number of hydrogen-bond donors (Lipinski definition) is 3. The third-order valence-electron chi connectivity index (χ3n) is 4.24. The Kier molecular flexibility index (Phi) is 5.34. The lowest BCUT2D eigenvalue weighted by Gasteiger charge is -2.20. The molecule has 0 saturated heterocycles. The molecule has 3 N–H and O–H groups in total. The van der Waals surface area contributed by atoms with E-state index in [0.717, 1.165) is 0 Å². The van der Waals surface area contributed by atoms with Crippen molar-refractivity contribution in [2.24, 2.45) is 0 Å². The van der Waals surface area contributed by atoms with Gasteiger partial charge in [-0.15, -0.1) is 0 Å². The largest absolute Gasteiger partial charge is 0.396 e. The van der Waals surface area contributed by atoms with E-state index >= 15 is 0 Å². The fraction of sp³-hybridized carbons (Fsp3) is 0.562. The monoisotopic (exact) mass is 312 g/mol. The number of benzene rings is 1. The normalized spacial score (nSPS) is 16.9. The number of aliphatic hydroxyl groups excluding tert-OH is 1. The minimum Gasteiger partial charge on any atom is -0.396 e. The second kappa shape index (κ2) is 7.05. The summed E-state index contributed by atoms with van der Waals surface area (Å²) in [6.07, 6.45) is 2.50. The molecule has 0 aromatic heterocycles. The van der Waals surface area contributed by atoms with E-state index in [1.54, 1.807) is 0 Å². The van der Waals surface area contributed by atoms with Gasteiger partial charge in [0.05, 0.1) is 0 Å². The van der Waals surface area contributed by atoms with Crippen molar-refractivity contribution in [3.8, 4) is 0 Å². The van der Waals surface area contributed by atoms with E-state index in [9.17, 15) is 13.6 Å². The number of carbonyl (C=O) groups excluding carboxylic acids is 1. The van der Waals surface area contributed by atoms with Gasteiger partial charge in [-0.3, -0.25) is 0 Å². The molecule has 1 fully saturated rings. The molecule has 122 valence electrons. The summed E-state index contributed by atoms with van der Waals surface area (Å²) >= 11 is 0. The molecule has 1 aromatic rings. The van der Waals surface area contributed by atoms with Crippen LogP contribution >= 0.6 is 0 Å². The molecule has 0 bridgehead atoms. The van der Waals surface area contributed by atoms with Crippen LogP contribution in [0, 0.1) is 11.6 Å². The Bertz CT molecular complexity index is 513. The summed E-state index contributed by atoms with van der Waals surface area (Å²) in [5, 5.41) is 14.4. The van der Waals surface area contributed by atoms with E-state index in [1.807, 2.05) is 6.92 Å². The van der Waals surface area contributed by atoms with Gasteiger partial charge < -0.3 is 15.7 Å². The van der Waals surface area contributed by atoms with Gasteiger partial charge in [-0.2, -0.15) is 0 Å². The van der Waals surface area contributed by atoms with Crippen molar-refractivity contribution in [2.45, 2.75) is 44.1 Å². The van der Waals surface area contributed by atoms with Gasteiger partial charge in [0.2, 0.25) is 0 Å². The zero-order chi connectivity index (χ0) is 16.2. The summed E-state index contributed by atoms with van der Waals surface area (Å²) in [6.45, 7) is 2.12. The predicted octanol–water partition coefficient (Wildman–Crippen LogP) is 2.46. The summed E-state index contributed by atoms with van der Waals surface area (Å²) < 4.78 is 27.8. The zero-order valence-electron chi connectivity index (χ0n) is 12.7. The van der Waals surface area contributed by atoms with Gasteiger partial charge in [0.1, 0.15) is 11.6 Å². The maximum absolute atomic E-state index is 13.9. The fourth-order valence-electron chi connectivity index (χ4n) is 2.69. The molecular weight excluding hydrogens is 290 g/mol.